The van der Waals surface area contributed by atoms with Crippen molar-refractivity contribution in [3.63, 3.8) is 0 Å². The number of nitrogens with zero attached hydrogens (tertiary/aromatic N) is 2. The van der Waals surface area contributed by atoms with Crippen LogP contribution in [-0.4, -0.2) is 41.1 Å². The van der Waals surface area contributed by atoms with Gasteiger partial charge in [-0.3, -0.25) is 4.79 Å². The molecule has 4 aliphatic rings. The third-order valence-corrected chi connectivity index (χ3v) is 7.70. The van der Waals surface area contributed by atoms with E-state index in [1.54, 1.807) is 4.90 Å². The highest BCUT2D eigenvalue weighted by Gasteiger charge is 2.62. The van der Waals surface area contributed by atoms with Crippen LogP contribution >= 0.6 is 0 Å². The first kappa shape index (κ1) is 19.2. The van der Waals surface area contributed by atoms with Gasteiger partial charge in [-0.05, 0) is 63.4 Å². The molecule has 4 atom stereocenters. The topological polar surface area (TPSA) is 32.8 Å². The highest BCUT2D eigenvalue weighted by atomic mass is 19.4. The Hall–Kier alpha value is -1.76. The highest BCUT2D eigenvalue weighted by Crippen LogP contribution is 2.55. The fourth-order valence-electron chi connectivity index (χ4n) is 6.03. The molecule has 0 aromatic heterocycles. The second-order valence-corrected chi connectivity index (χ2v) is 9.20. The first-order chi connectivity index (χ1) is 13.8. The van der Waals surface area contributed by atoms with Crippen molar-refractivity contribution in [3.8, 4) is 5.75 Å². The van der Waals surface area contributed by atoms with Crippen molar-refractivity contribution in [1.29, 1.82) is 0 Å². The van der Waals surface area contributed by atoms with Crippen LogP contribution in [0.5, 0.6) is 5.75 Å². The van der Waals surface area contributed by atoms with E-state index < -0.39 is 17.2 Å². The van der Waals surface area contributed by atoms with E-state index >= 15 is 0 Å². The van der Waals surface area contributed by atoms with E-state index in [2.05, 4.69) is 11.8 Å². The molecule has 1 aliphatic carbocycles. The molecule has 7 heteroatoms. The Morgan fingerprint density at radius 1 is 1.17 bits per heavy atom. The molecule has 1 aromatic carbocycles. The van der Waals surface area contributed by atoms with Crippen molar-refractivity contribution in [3.05, 3.63) is 29.3 Å². The Balaban J connectivity index is 1.39. The van der Waals surface area contributed by atoms with Gasteiger partial charge in [0.2, 0.25) is 5.91 Å². The first-order valence-corrected chi connectivity index (χ1v) is 10.7. The van der Waals surface area contributed by atoms with Crippen molar-refractivity contribution >= 4 is 5.91 Å². The molecule has 0 radical (unpaired) electrons. The number of rotatable bonds is 1. The number of amides is 1. The summed E-state index contributed by atoms with van der Waals surface area (Å²) in [5, 5.41) is 0. The van der Waals surface area contributed by atoms with Gasteiger partial charge in [0.15, 0.2) is 6.23 Å². The molecule has 4 nitrogen and oxygen atoms in total. The quantitative estimate of drug-likeness (QED) is 0.689. The zero-order valence-corrected chi connectivity index (χ0v) is 16.7. The van der Waals surface area contributed by atoms with Crippen molar-refractivity contribution in [2.75, 3.05) is 13.1 Å². The van der Waals surface area contributed by atoms with Crippen LogP contribution in [0.2, 0.25) is 0 Å². The molecule has 3 heterocycles. The lowest BCUT2D eigenvalue weighted by atomic mass is 9.76. The maximum Gasteiger partial charge on any atom is 0.416 e. The number of ether oxygens (including phenoxy) is 1. The number of benzene rings is 1. The van der Waals surface area contributed by atoms with Gasteiger partial charge in [0.1, 0.15) is 5.75 Å². The molecule has 158 valence electrons. The zero-order valence-electron chi connectivity index (χ0n) is 16.7. The van der Waals surface area contributed by atoms with E-state index in [1.807, 2.05) is 0 Å². The number of hydrogen-bond donors (Lipinski definition) is 0. The number of hydrogen-bond acceptors (Lipinski definition) is 3. The maximum atomic E-state index is 13.5. The maximum absolute atomic E-state index is 13.5. The number of alkyl halides is 3. The Morgan fingerprint density at radius 2 is 1.93 bits per heavy atom. The van der Waals surface area contributed by atoms with Crippen LogP contribution in [0, 0.1) is 11.3 Å². The summed E-state index contributed by atoms with van der Waals surface area (Å²) < 4.78 is 45.4. The van der Waals surface area contributed by atoms with Crippen LogP contribution in [0.1, 0.15) is 56.6 Å². The van der Waals surface area contributed by atoms with Crippen LogP contribution in [0.25, 0.3) is 0 Å². The molecule has 29 heavy (non-hydrogen) atoms. The van der Waals surface area contributed by atoms with Crippen LogP contribution in [0.15, 0.2) is 18.2 Å². The number of halogens is 3. The van der Waals surface area contributed by atoms with Crippen molar-refractivity contribution < 1.29 is 22.7 Å². The third-order valence-electron chi connectivity index (χ3n) is 7.70. The number of carbonyl (C=O) groups excluding carboxylic acids is 1. The summed E-state index contributed by atoms with van der Waals surface area (Å²) in [6.45, 7) is 4.50. The van der Waals surface area contributed by atoms with Gasteiger partial charge in [0.25, 0.3) is 0 Å². The van der Waals surface area contributed by atoms with Gasteiger partial charge in [-0.1, -0.05) is 13.3 Å². The van der Waals surface area contributed by atoms with E-state index in [1.165, 1.54) is 25.3 Å². The van der Waals surface area contributed by atoms with Crippen LogP contribution in [0.3, 0.4) is 0 Å². The van der Waals surface area contributed by atoms with Gasteiger partial charge in [-0.15, -0.1) is 0 Å². The Bertz CT molecular complexity index is 821. The highest BCUT2D eigenvalue weighted by molar-refractivity contribution is 5.86. The predicted octanol–water partition coefficient (Wildman–Crippen LogP) is 4.43. The number of piperidine rings is 1. The molecule has 3 aliphatic heterocycles. The normalized spacial score (nSPS) is 35.0. The second kappa shape index (κ2) is 6.62. The van der Waals surface area contributed by atoms with Crippen molar-refractivity contribution in [2.24, 2.45) is 11.3 Å². The fraction of sp³-hybridized carbons (Fsp3) is 0.682. The number of likely N-dealkylation sites (tertiary alicyclic amines) is 1. The monoisotopic (exact) mass is 408 g/mol. The van der Waals surface area contributed by atoms with E-state index in [4.69, 9.17) is 4.74 Å². The molecular weight excluding hydrogens is 381 g/mol. The molecule has 1 saturated carbocycles. The third kappa shape index (κ3) is 2.95. The van der Waals surface area contributed by atoms with Crippen LogP contribution in [-0.2, 0) is 17.5 Å². The smallest absolute Gasteiger partial charge is 0.416 e. The minimum absolute atomic E-state index is 0.0280. The molecule has 3 fully saturated rings. The standard InChI is InChI=1S/C22H27F3N2O2/c1-14-19-27(13-15-11-16(22(23,24)25)5-6-18(15)29-19)20(28)21(14)8-7-17(12-21)26-9-3-2-4-10-26/h5-6,11,14,17,19H,2-4,7-10,12-13H2,1H3/t14?,17-,19?,21+/m1/s1. The number of carbonyl (C=O) groups is 1. The lowest BCUT2D eigenvalue weighted by Crippen LogP contribution is -2.42. The number of fused-ring (bicyclic) bond motifs is 2. The van der Waals surface area contributed by atoms with Gasteiger partial charge in [0, 0.05) is 17.5 Å². The second-order valence-electron chi connectivity index (χ2n) is 9.20. The largest absolute Gasteiger partial charge is 0.470 e. The van der Waals surface area contributed by atoms with Crippen molar-refractivity contribution in [2.45, 2.75) is 70.4 Å². The molecule has 0 N–H and O–H groups in total. The summed E-state index contributed by atoms with van der Waals surface area (Å²) in [4.78, 5) is 17.7. The van der Waals surface area contributed by atoms with Gasteiger partial charge >= 0.3 is 6.18 Å². The average molecular weight is 408 g/mol. The summed E-state index contributed by atoms with van der Waals surface area (Å²) in [5.74, 6) is 0.569. The molecule has 5 rings (SSSR count). The first-order valence-electron chi connectivity index (χ1n) is 10.7. The van der Waals surface area contributed by atoms with E-state index in [-0.39, 0.29) is 24.6 Å². The van der Waals surface area contributed by atoms with E-state index in [0.717, 1.165) is 44.5 Å². The van der Waals surface area contributed by atoms with E-state index in [9.17, 15) is 18.0 Å². The van der Waals surface area contributed by atoms with E-state index in [0.29, 0.717) is 17.4 Å². The molecule has 0 bridgehead atoms. The summed E-state index contributed by atoms with van der Waals surface area (Å²) in [7, 11) is 0. The summed E-state index contributed by atoms with van der Waals surface area (Å²) >= 11 is 0. The molecule has 2 unspecified atom stereocenters. The van der Waals surface area contributed by atoms with Gasteiger partial charge < -0.3 is 14.5 Å². The Morgan fingerprint density at radius 3 is 2.66 bits per heavy atom. The zero-order chi connectivity index (χ0) is 20.4. The van der Waals surface area contributed by atoms with Crippen LogP contribution < -0.4 is 4.74 Å². The SMILES string of the molecule is CC1C2Oc3ccc(C(F)(F)F)cc3CN2C(=O)[C@]12CC[C@@H](N1CCCCC1)C2. The minimum atomic E-state index is -4.40. The molecular formula is C22H27F3N2O2. The lowest BCUT2D eigenvalue weighted by Gasteiger charge is -2.34. The molecule has 2 saturated heterocycles. The molecule has 1 amide bonds. The van der Waals surface area contributed by atoms with Crippen LogP contribution in [0.4, 0.5) is 13.2 Å². The van der Waals surface area contributed by atoms with Gasteiger partial charge in [0.05, 0.1) is 17.5 Å². The predicted molar refractivity (Wildman–Crippen MR) is 101 cm³/mol. The lowest BCUT2D eigenvalue weighted by molar-refractivity contribution is -0.140. The summed E-state index contributed by atoms with van der Waals surface area (Å²) in [5.41, 5.74) is -0.695. The summed E-state index contributed by atoms with van der Waals surface area (Å²) in [6, 6.07) is 4.03. The average Bonchev–Trinajstić information content (AvgIpc) is 3.24. The fourth-order valence-corrected chi connectivity index (χ4v) is 6.03. The Labute approximate surface area is 169 Å². The van der Waals surface area contributed by atoms with Gasteiger partial charge in [-0.2, -0.15) is 13.2 Å². The van der Waals surface area contributed by atoms with Gasteiger partial charge in [-0.25, -0.2) is 0 Å². The Kier molecular flexibility index (Phi) is 4.39. The molecule has 1 spiro atoms. The summed E-state index contributed by atoms with van der Waals surface area (Å²) in [6.07, 6.45) is 1.65. The minimum Gasteiger partial charge on any atom is -0.470 e. The van der Waals surface area contributed by atoms with Crippen molar-refractivity contribution in [1.82, 2.24) is 9.80 Å². The molecule has 1 aromatic rings.